The topological polar surface area (TPSA) is 76.2 Å². The maximum atomic E-state index is 11.3. The van der Waals surface area contributed by atoms with Crippen molar-refractivity contribution in [2.75, 3.05) is 0 Å². The minimum Gasteiger partial charge on any atom is -0.481 e. The normalized spacial score (nSPS) is 25.8. The second-order valence-electron chi connectivity index (χ2n) is 5.45. The Labute approximate surface area is 116 Å². The van der Waals surface area contributed by atoms with E-state index in [4.69, 9.17) is 4.52 Å². The van der Waals surface area contributed by atoms with Crippen LogP contribution >= 0.6 is 0 Å². The van der Waals surface area contributed by atoms with Gasteiger partial charge in [0, 0.05) is 5.56 Å². The molecule has 1 aromatic heterocycles. The fourth-order valence-electron chi connectivity index (χ4n) is 2.93. The standard InChI is InChI=1S/C15H16N2O3/c1-9-7-11(12(8-9)15(18)19)14-16-13(17-20-14)10-5-3-2-4-6-10/h2-6,9,11-12H,7-8H2,1H3,(H,18,19). The summed E-state index contributed by atoms with van der Waals surface area (Å²) in [6, 6.07) is 9.54. The Morgan fingerprint density at radius 2 is 2.05 bits per heavy atom. The van der Waals surface area contributed by atoms with Crippen molar-refractivity contribution in [3.05, 3.63) is 36.2 Å². The first-order valence-corrected chi connectivity index (χ1v) is 6.77. The predicted molar refractivity (Wildman–Crippen MR) is 72.0 cm³/mol. The van der Waals surface area contributed by atoms with Crippen molar-refractivity contribution in [2.24, 2.45) is 11.8 Å². The molecule has 3 atom stereocenters. The average Bonchev–Trinajstić information content (AvgIpc) is 3.06. The van der Waals surface area contributed by atoms with Crippen LogP contribution in [0.3, 0.4) is 0 Å². The molecule has 1 saturated carbocycles. The van der Waals surface area contributed by atoms with Gasteiger partial charge in [0.25, 0.3) is 0 Å². The third-order valence-corrected chi connectivity index (χ3v) is 3.91. The lowest BCUT2D eigenvalue weighted by Crippen LogP contribution is -2.17. The molecule has 1 fully saturated rings. The van der Waals surface area contributed by atoms with Gasteiger partial charge in [-0.05, 0) is 18.8 Å². The molecule has 5 heteroatoms. The molecule has 0 bridgehead atoms. The van der Waals surface area contributed by atoms with Crippen LogP contribution < -0.4 is 0 Å². The molecule has 20 heavy (non-hydrogen) atoms. The zero-order chi connectivity index (χ0) is 14.1. The van der Waals surface area contributed by atoms with Crippen LogP contribution in [0.25, 0.3) is 11.4 Å². The van der Waals surface area contributed by atoms with E-state index in [1.54, 1.807) is 0 Å². The van der Waals surface area contributed by atoms with E-state index in [9.17, 15) is 9.90 Å². The van der Waals surface area contributed by atoms with Crippen molar-refractivity contribution >= 4 is 5.97 Å². The van der Waals surface area contributed by atoms with Crippen molar-refractivity contribution in [3.63, 3.8) is 0 Å². The number of carbonyl (C=O) groups is 1. The zero-order valence-corrected chi connectivity index (χ0v) is 11.2. The number of benzene rings is 1. The van der Waals surface area contributed by atoms with Gasteiger partial charge in [0.1, 0.15) is 0 Å². The van der Waals surface area contributed by atoms with E-state index in [1.165, 1.54) is 0 Å². The van der Waals surface area contributed by atoms with E-state index in [2.05, 4.69) is 17.1 Å². The summed E-state index contributed by atoms with van der Waals surface area (Å²) < 4.78 is 5.31. The van der Waals surface area contributed by atoms with Crippen LogP contribution in [0, 0.1) is 11.8 Å². The number of rotatable bonds is 3. The molecule has 1 N–H and O–H groups in total. The zero-order valence-electron chi connectivity index (χ0n) is 11.2. The van der Waals surface area contributed by atoms with Crippen LogP contribution in [0.1, 0.15) is 31.6 Å². The highest BCUT2D eigenvalue weighted by molar-refractivity contribution is 5.71. The molecule has 1 aliphatic rings. The van der Waals surface area contributed by atoms with E-state index in [0.29, 0.717) is 24.1 Å². The van der Waals surface area contributed by atoms with E-state index >= 15 is 0 Å². The number of aliphatic carboxylic acids is 1. The fourth-order valence-corrected chi connectivity index (χ4v) is 2.93. The first-order valence-electron chi connectivity index (χ1n) is 6.77. The van der Waals surface area contributed by atoms with E-state index in [1.807, 2.05) is 30.3 Å². The molecule has 1 heterocycles. The van der Waals surface area contributed by atoms with Crippen molar-refractivity contribution in [1.82, 2.24) is 10.1 Å². The maximum Gasteiger partial charge on any atom is 0.307 e. The van der Waals surface area contributed by atoms with E-state index < -0.39 is 11.9 Å². The first kappa shape index (κ1) is 12.8. The number of hydrogen-bond donors (Lipinski definition) is 1. The molecule has 3 rings (SSSR count). The van der Waals surface area contributed by atoms with Gasteiger partial charge in [0.05, 0.1) is 11.8 Å². The van der Waals surface area contributed by atoms with Crippen LogP contribution in [-0.2, 0) is 4.79 Å². The van der Waals surface area contributed by atoms with Gasteiger partial charge in [-0.1, -0.05) is 42.4 Å². The lowest BCUT2D eigenvalue weighted by molar-refractivity contribution is -0.142. The van der Waals surface area contributed by atoms with Crippen molar-refractivity contribution in [1.29, 1.82) is 0 Å². The molecule has 1 aromatic carbocycles. The third-order valence-electron chi connectivity index (χ3n) is 3.91. The molecule has 1 aliphatic carbocycles. The third kappa shape index (κ3) is 2.31. The van der Waals surface area contributed by atoms with Gasteiger partial charge in [-0.15, -0.1) is 0 Å². The number of aromatic nitrogens is 2. The van der Waals surface area contributed by atoms with Gasteiger partial charge >= 0.3 is 5.97 Å². The predicted octanol–water partition coefficient (Wildman–Crippen LogP) is 2.95. The van der Waals surface area contributed by atoms with E-state index in [-0.39, 0.29) is 5.92 Å². The van der Waals surface area contributed by atoms with Gasteiger partial charge in [0.2, 0.25) is 11.7 Å². The Balaban J connectivity index is 1.88. The monoisotopic (exact) mass is 272 g/mol. The highest BCUT2D eigenvalue weighted by Gasteiger charge is 2.41. The molecule has 3 unspecified atom stereocenters. The summed E-state index contributed by atoms with van der Waals surface area (Å²) in [6.07, 6.45) is 1.45. The average molecular weight is 272 g/mol. The Hall–Kier alpha value is -2.17. The largest absolute Gasteiger partial charge is 0.481 e. The highest BCUT2D eigenvalue weighted by Crippen LogP contribution is 2.42. The number of hydrogen-bond acceptors (Lipinski definition) is 4. The van der Waals surface area contributed by atoms with E-state index in [0.717, 1.165) is 12.0 Å². The molecule has 5 nitrogen and oxygen atoms in total. The number of carboxylic acid groups (broad SMARTS) is 1. The minimum atomic E-state index is -0.779. The Kier molecular flexibility index (Phi) is 3.26. The number of nitrogens with zero attached hydrogens (tertiary/aromatic N) is 2. The lowest BCUT2D eigenvalue weighted by atomic mass is 9.96. The molecule has 0 radical (unpaired) electrons. The second kappa shape index (κ2) is 5.07. The molecule has 0 amide bonds. The van der Waals surface area contributed by atoms with Gasteiger partial charge in [-0.3, -0.25) is 4.79 Å². The molecule has 0 aliphatic heterocycles. The second-order valence-corrected chi connectivity index (χ2v) is 5.45. The van der Waals surface area contributed by atoms with Crippen molar-refractivity contribution in [2.45, 2.75) is 25.7 Å². The number of carboxylic acids is 1. The Bertz CT molecular complexity index is 609. The molecule has 0 spiro atoms. The summed E-state index contributed by atoms with van der Waals surface area (Å²) in [5.41, 5.74) is 0.875. The van der Waals surface area contributed by atoms with Crippen LogP contribution in [-0.4, -0.2) is 21.2 Å². The lowest BCUT2D eigenvalue weighted by Gasteiger charge is -2.09. The molecular formula is C15H16N2O3. The maximum absolute atomic E-state index is 11.3. The van der Waals surface area contributed by atoms with Crippen LogP contribution in [0.2, 0.25) is 0 Å². The Morgan fingerprint density at radius 3 is 2.75 bits per heavy atom. The summed E-state index contributed by atoms with van der Waals surface area (Å²) in [5, 5.41) is 13.3. The fraction of sp³-hybridized carbons (Fsp3) is 0.400. The molecule has 2 aromatic rings. The Morgan fingerprint density at radius 1 is 1.30 bits per heavy atom. The molecule has 0 saturated heterocycles. The van der Waals surface area contributed by atoms with Gasteiger partial charge in [-0.2, -0.15) is 4.98 Å². The van der Waals surface area contributed by atoms with Crippen molar-refractivity contribution < 1.29 is 14.4 Å². The summed E-state index contributed by atoms with van der Waals surface area (Å²) >= 11 is 0. The highest BCUT2D eigenvalue weighted by atomic mass is 16.5. The first-order chi connectivity index (χ1) is 9.65. The molecular weight excluding hydrogens is 256 g/mol. The SMILES string of the molecule is CC1CC(C(=O)O)C(c2nc(-c3ccccc3)no2)C1. The van der Waals surface area contributed by atoms with Gasteiger partial charge in [0.15, 0.2) is 0 Å². The summed E-state index contributed by atoms with van der Waals surface area (Å²) in [6.45, 7) is 2.06. The summed E-state index contributed by atoms with van der Waals surface area (Å²) in [7, 11) is 0. The van der Waals surface area contributed by atoms with Crippen molar-refractivity contribution in [3.8, 4) is 11.4 Å². The van der Waals surface area contributed by atoms with Crippen LogP contribution in [0.4, 0.5) is 0 Å². The smallest absolute Gasteiger partial charge is 0.307 e. The molecule has 104 valence electrons. The van der Waals surface area contributed by atoms with Gasteiger partial charge in [-0.25, -0.2) is 0 Å². The summed E-state index contributed by atoms with van der Waals surface area (Å²) in [4.78, 5) is 15.7. The van der Waals surface area contributed by atoms with Crippen LogP contribution in [0.5, 0.6) is 0 Å². The minimum absolute atomic E-state index is 0.174. The van der Waals surface area contributed by atoms with Crippen LogP contribution in [0.15, 0.2) is 34.9 Å². The quantitative estimate of drug-likeness (QED) is 0.929. The summed E-state index contributed by atoms with van der Waals surface area (Å²) in [5.74, 6) is -0.0431. The van der Waals surface area contributed by atoms with Gasteiger partial charge < -0.3 is 9.63 Å².